The number of aliphatic carboxylic acids is 2. The molecule has 0 aliphatic carbocycles. The Morgan fingerprint density at radius 2 is 1.91 bits per heavy atom. The number of carboxylic acids is 2. The van der Waals surface area contributed by atoms with Gasteiger partial charge in [0.25, 0.3) is 0 Å². The van der Waals surface area contributed by atoms with Gasteiger partial charge in [-0.05, 0) is 24.6 Å². The van der Waals surface area contributed by atoms with Crippen molar-refractivity contribution in [2.45, 2.75) is 12.6 Å². The number of hydrogen-bond acceptors (Lipinski definition) is 5. The molecule has 0 bridgehead atoms. The molecular formula is C16H17N3O4. The van der Waals surface area contributed by atoms with Crippen molar-refractivity contribution in [3.63, 3.8) is 0 Å². The summed E-state index contributed by atoms with van der Waals surface area (Å²) in [6.07, 6.45) is 5.29. The SMILES string of the molecule is CC(N)(c1ccccc1)N1NC=CC=C1/C(=C\C(=O)O)C(=O)O. The van der Waals surface area contributed by atoms with E-state index in [4.69, 9.17) is 10.8 Å². The van der Waals surface area contributed by atoms with Crippen LogP contribution in [0.5, 0.6) is 0 Å². The van der Waals surface area contributed by atoms with E-state index in [1.165, 1.54) is 11.1 Å². The van der Waals surface area contributed by atoms with E-state index in [9.17, 15) is 14.7 Å². The molecule has 1 aliphatic heterocycles. The number of nitrogens with one attached hydrogen (secondary N) is 1. The van der Waals surface area contributed by atoms with Gasteiger partial charge in [-0.2, -0.15) is 0 Å². The van der Waals surface area contributed by atoms with Crippen LogP contribution in [0.15, 0.2) is 66.0 Å². The number of hydrogen-bond donors (Lipinski definition) is 4. The highest BCUT2D eigenvalue weighted by molar-refractivity contribution is 5.98. The van der Waals surface area contributed by atoms with E-state index in [1.54, 1.807) is 31.3 Å². The molecule has 7 heteroatoms. The predicted octanol–water partition coefficient (Wildman–Crippen LogP) is 1.13. The normalized spacial score (nSPS) is 17.0. The Morgan fingerprint density at radius 1 is 1.26 bits per heavy atom. The Hall–Kier alpha value is -3.06. The average molecular weight is 315 g/mol. The van der Waals surface area contributed by atoms with Crippen LogP contribution in [-0.4, -0.2) is 27.2 Å². The molecule has 2 rings (SSSR count). The number of nitrogens with zero attached hydrogens (tertiary/aromatic N) is 1. The van der Waals surface area contributed by atoms with Gasteiger partial charge in [-0.25, -0.2) is 9.59 Å². The Bertz CT molecular complexity index is 705. The van der Waals surface area contributed by atoms with Crippen LogP contribution in [0.2, 0.25) is 0 Å². The summed E-state index contributed by atoms with van der Waals surface area (Å²) in [5.74, 6) is -2.71. The van der Waals surface area contributed by atoms with E-state index in [-0.39, 0.29) is 11.3 Å². The summed E-state index contributed by atoms with van der Waals surface area (Å²) in [7, 11) is 0. The lowest BCUT2D eigenvalue weighted by atomic mass is 9.99. The van der Waals surface area contributed by atoms with Gasteiger partial charge in [-0.3, -0.25) is 5.01 Å². The first-order valence-corrected chi connectivity index (χ1v) is 6.80. The molecule has 0 aromatic heterocycles. The zero-order chi connectivity index (χ0) is 17.0. The molecule has 23 heavy (non-hydrogen) atoms. The first kappa shape index (κ1) is 16.3. The number of rotatable bonds is 5. The monoisotopic (exact) mass is 315 g/mol. The van der Waals surface area contributed by atoms with Gasteiger partial charge in [0.05, 0.1) is 11.3 Å². The van der Waals surface area contributed by atoms with Crippen LogP contribution in [0.25, 0.3) is 0 Å². The number of allylic oxidation sites excluding steroid dienone is 2. The van der Waals surface area contributed by atoms with E-state index in [0.717, 1.165) is 5.56 Å². The maximum Gasteiger partial charge on any atom is 0.338 e. The Morgan fingerprint density at radius 3 is 2.48 bits per heavy atom. The molecule has 1 heterocycles. The fourth-order valence-electron chi connectivity index (χ4n) is 2.27. The van der Waals surface area contributed by atoms with Crippen molar-refractivity contribution in [2.75, 3.05) is 0 Å². The topological polar surface area (TPSA) is 116 Å². The standard InChI is InChI=1S/C16H17N3O4/c1-16(17,11-6-3-2-4-7-11)19-13(8-5-9-18-19)12(15(22)23)10-14(20)21/h2-10,18H,17H2,1H3,(H,20,21)(H,22,23)/b12-10+. The van der Waals surface area contributed by atoms with Crippen molar-refractivity contribution in [3.05, 3.63) is 71.6 Å². The van der Waals surface area contributed by atoms with Crippen LogP contribution in [-0.2, 0) is 15.3 Å². The summed E-state index contributed by atoms with van der Waals surface area (Å²) in [6, 6.07) is 9.08. The molecule has 0 amide bonds. The van der Waals surface area contributed by atoms with Gasteiger partial charge in [0.15, 0.2) is 0 Å². The molecule has 1 aromatic rings. The predicted molar refractivity (Wildman–Crippen MR) is 83.5 cm³/mol. The zero-order valence-corrected chi connectivity index (χ0v) is 12.4. The van der Waals surface area contributed by atoms with E-state index in [2.05, 4.69) is 5.43 Å². The highest BCUT2D eigenvalue weighted by Gasteiger charge is 2.34. The van der Waals surface area contributed by atoms with Gasteiger partial charge in [0, 0.05) is 12.3 Å². The third-order valence-corrected chi connectivity index (χ3v) is 3.39. The lowest BCUT2D eigenvalue weighted by Crippen LogP contribution is -2.56. The van der Waals surface area contributed by atoms with E-state index in [0.29, 0.717) is 6.08 Å². The Kier molecular flexibility index (Phi) is 4.52. The zero-order valence-electron chi connectivity index (χ0n) is 12.4. The molecule has 1 atom stereocenters. The van der Waals surface area contributed by atoms with Crippen molar-refractivity contribution in [1.82, 2.24) is 10.4 Å². The minimum Gasteiger partial charge on any atom is -0.478 e. The minimum absolute atomic E-state index is 0.149. The number of carboxylic acid groups (broad SMARTS) is 2. The summed E-state index contributed by atoms with van der Waals surface area (Å²) in [5, 5.41) is 19.7. The molecule has 0 spiro atoms. The maximum absolute atomic E-state index is 11.5. The second-order valence-corrected chi connectivity index (χ2v) is 5.09. The van der Waals surface area contributed by atoms with E-state index < -0.39 is 17.6 Å². The quantitative estimate of drug-likeness (QED) is 0.602. The first-order valence-electron chi connectivity index (χ1n) is 6.80. The molecule has 0 saturated carbocycles. The second-order valence-electron chi connectivity index (χ2n) is 5.09. The second kappa shape index (κ2) is 6.37. The fourth-order valence-corrected chi connectivity index (χ4v) is 2.27. The molecule has 0 radical (unpaired) electrons. The van der Waals surface area contributed by atoms with Crippen LogP contribution in [0.1, 0.15) is 12.5 Å². The third-order valence-electron chi connectivity index (χ3n) is 3.39. The molecule has 120 valence electrons. The fraction of sp³-hybridized carbons (Fsp3) is 0.125. The highest BCUT2D eigenvalue weighted by Crippen LogP contribution is 2.29. The Labute approximate surface area is 133 Å². The molecule has 1 unspecified atom stereocenters. The molecule has 1 aromatic carbocycles. The van der Waals surface area contributed by atoms with E-state index in [1.807, 2.05) is 18.2 Å². The highest BCUT2D eigenvalue weighted by atomic mass is 16.4. The molecule has 1 aliphatic rings. The van der Waals surface area contributed by atoms with Gasteiger partial charge < -0.3 is 21.4 Å². The van der Waals surface area contributed by atoms with Crippen molar-refractivity contribution in [1.29, 1.82) is 0 Å². The van der Waals surface area contributed by atoms with Crippen molar-refractivity contribution in [3.8, 4) is 0 Å². The van der Waals surface area contributed by atoms with Crippen LogP contribution in [0, 0.1) is 0 Å². The molecule has 0 saturated heterocycles. The minimum atomic E-state index is -1.36. The summed E-state index contributed by atoms with van der Waals surface area (Å²) >= 11 is 0. The molecular weight excluding hydrogens is 298 g/mol. The third kappa shape index (κ3) is 3.41. The van der Waals surface area contributed by atoms with Gasteiger partial charge >= 0.3 is 11.9 Å². The summed E-state index contributed by atoms with van der Waals surface area (Å²) < 4.78 is 0. The number of carbonyl (C=O) groups is 2. The van der Waals surface area contributed by atoms with Gasteiger partial charge in [0.2, 0.25) is 0 Å². The molecule has 5 N–H and O–H groups in total. The first-order chi connectivity index (χ1) is 10.8. The van der Waals surface area contributed by atoms with Crippen molar-refractivity contribution < 1.29 is 19.8 Å². The lowest BCUT2D eigenvalue weighted by molar-refractivity contribution is -0.135. The van der Waals surface area contributed by atoms with Crippen LogP contribution in [0.3, 0.4) is 0 Å². The van der Waals surface area contributed by atoms with Gasteiger partial charge in [-0.1, -0.05) is 30.3 Å². The number of nitrogens with two attached hydrogens (primary N) is 1. The lowest BCUT2D eigenvalue weighted by Gasteiger charge is -2.42. The number of benzene rings is 1. The largest absolute Gasteiger partial charge is 0.478 e. The summed E-state index contributed by atoms with van der Waals surface area (Å²) in [5.41, 5.74) is 8.67. The van der Waals surface area contributed by atoms with Crippen LogP contribution >= 0.6 is 0 Å². The van der Waals surface area contributed by atoms with Crippen molar-refractivity contribution >= 4 is 11.9 Å². The summed E-state index contributed by atoms with van der Waals surface area (Å²) in [6.45, 7) is 1.70. The van der Waals surface area contributed by atoms with Gasteiger partial charge in [-0.15, -0.1) is 0 Å². The summed E-state index contributed by atoms with van der Waals surface area (Å²) in [4.78, 5) is 22.4. The average Bonchev–Trinajstić information content (AvgIpc) is 2.53. The number of hydrazine groups is 1. The van der Waals surface area contributed by atoms with E-state index >= 15 is 0 Å². The van der Waals surface area contributed by atoms with Crippen LogP contribution < -0.4 is 11.2 Å². The smallest absolute Gasteiger partial charge is 0.338 e. The molecule has 7 nitrogen and oxygen atoms in total. The Balaban J connectivity index is 2.50. The molecule has 0 fully saturated rings. The van der Waals surface area contributed by atoms with Crippen LogP contribution in [0.4, 0.5) is 0 Å². The maximum atomic E-state index is 11.5. The van der Waals surface area contributed by atoms with Gasteiger partial charge in [0.1, 0.15) is 5.66 Å². The van der Waals surface area contributed by atoms with Crippen molar-refractivity contribution in [2.24, 2.45) is 5.73 Å².